The summed E-state index contributed by atoms with van der Waals surface area (Å²) in [7, 11) is 2.93. The van der Waals surface area contributed by atoms with Crippen molar-refractivity contribution in [1.82, 2.24) is 15.3 Å². The number of esters is 1. The lowest BCUT2D eigenvalue weighted by Gasteiger charge is -2.08. The molecule has 8 nitrogen and oxygen atoms in total. The lowest BCUT2D eigenvalue weighted by atomic mass is 10.2. The first kappa shape index (κ1) is 19.8. The summed E-state index contributed by atoms with van der Waals surface area (Å²) in [6.07, 6.45) is 2.87. The van der Waals surface area contributed by atoms with Gasteiger partial charge in [-0.1, -0.05) is 12.1 Å². The third kappa shape index (κ3) is 5.29. The number of carbonyl (C=O) groups excluding carboxylic acids is 2. The molecule has 29 heavy (non-hydrogen) atoms. The molecule has 0 unspecified atom stereocenters. The Balaban J connectivity index is 1.56. The Morgan fingerprint density at radius 1 is 0.931 bits per heavy atom. The Hall–Kier alpha value is -3.94. The van der Waals surface area contributed by atoms with Crippen molar-refractivity contribution in [3.63, 3.8) is 0 Å². The molecule has 1 amide bonds. The Morgan fingerprint density at radius 3 is 2.24 bits per heavy atom. The normalized spacial score (nSPS) is 10.1. The Labute approximate surface area is 167 Å². The molecule has 0 bridgehead atoms. The second-order valence-electron chi connectivity index (χ2n) is 6.01. The number of benzene rings is 2. The number of hydrogen-bond donors (Lipinski definition) is 2. The van der Waals surface area contributed by atoms with E-state index >= 15 is 0 Å². The van der Waals surface area contributed by atoms with E-state index in [1.165, 1.54) is 19.5 Å². The molecule has 0 aliphatic rings. The van der Waals surface area contributed by atoms with Crippen molar-refractivity contribution in [1.29, 1.82) is 0 Å². The van der Waals surface area contributed by atoms with Crippen molar-refractivity contribution in [2.75, 3.05) is 19.5 Å². The number of hydrogen-bond acceptors (Lipinski definition) is 7. The highest BCUT2D eigenvalue weighted by atomic mass is 16.5. The quantitative estimate of drug-likeness (QED) is 0.596. The molecule has 2 aromatic carbocycles. The van der Waals surface area contributed by atoms with Crippen LogP contribution in [0.15, 0.2) is 60.9 Å². The monoisotopic (exact) mass is 392 g/mol. The van der Waals surface area contributed by atoms with Gasteiger partial charge in [0, 0.05) is 12.2 Å². The third-order valence-corrected chi connectivity index (χ3v) is 4.08. The molecule has 0 saturated carbocycles. The molecule has 2 N–H and O–H groups in total. The molecule has 0 aliphatic carbocycles. The van der Waals surface area contributed by atoms with Crippen molar-refractivity contribution < 1.29 is 19.1 Å². The Kier molecular flexibility index (Phi) is 6.36. The molecule has 1 heterocycles. The maximum Gasteiger partial charge on any atom is 0.337 e. The summed E-state index contributed by atoms with van der Waals surface area (Å²) in [4.78, 5) is 32.0. The smallest absolute Gasteiger partial charge is 0.337 e. The summed E-state index contributed by atoms with van der Waals surface area (Å²) < 4.78 is 9.77. The third-order valence-electron chi connectivity index (χ3n) is 4.08. The molecule has 0 atom stereocenters. The topological polar surface area (TPSA) is 102 Å². The lowest BCUT2D eigenvalue weighted by Crippen LogP contribution is -2.24. The fourth-order valence-electron chi connectivity index (χ4n) is 2.48. The molecule has 3 rings (SSSR count). The molecule has 0 fully saturated rings. The van der Waals surface area contributed by atoms with Crippen molar-refractivity contribution in [3.8, 4) is 5.75 Å². The SMILES string of the molecule is COC(=O)c1ccc(Nc2cnc(C(=O)NCc3ccc(OC)cc3)cn2)cc1. The van der Waals surface area contributed by atoms with Gasteiger partial charge in [-0.05, 0) is 42.0 Å². The molecular weight excluding hydrogens is 372 g/mol. The van der Waals surface area contributed by atoms with Crippen LogP contribution in [0.1, 0.15) is 26.4 Å². The van der Waals surface area contributed by atoms with Crippen LogP contribution in [0.5, 0.6) is 5.75 Å². The molecular formula is C21H20N4O4. The zero-order valence-corrected chi connectivity index (χ0v) is 16.0. The number of rotatable bonds is 7. The van der Waals surface area contributed by atoms with Gasteiger partial charge in [0.2, 0.25) is 0 Å². The summed E-state index contributed by atoms with van der Waals surface area (Å²) in [6.45, 7) is 0.372. The zero-order chi connectivity index (χ0) is 20.6. The molecule has 0 spiro atoms. The molecule has 0 radical (unpaired) electrons. The van der Waals surface area contributed by atoms with Gasteiger partial charge in [0.15, 0.2) is 0 Å². The Morgan fingerprint density at radius 2 is 1.66 bits per heavy atom. The number of methoxy groups -OCH3 is 2. The fourth-order valence-corrected chi connectivity index (χ4v) is 2.48. The van der Waals surface area contributed by atoms with Gasteiger partial charge in [-0.3, -0.25) is 4.79 Å². The van der Waals surface area contributed by atoms with E-state index in [4.69, 9.17) is 4.74 Å². The molecule has 8 heteroatoms. The fraction of sp³-hybridized carbons (Fsp3) is 0.143. The van der Waals surface area contributed by atoms with Gasteiger partial charge in [0.05, 0.1) is 32.2 Å². The number of aromatic nitrogens is 2. The van der Waals surface area contributed by atoms with Gasteiger partial charge in [-0.15, -0.1) is 0 Å². The highest BCUT2D eigenvalue weighted by Crippen LogP contribution is 2.15. The van der Waals surface area contributed by atoms with Gasteiger partial charge in [-0.2, -0.15) is 0 Å². The van der Waals surface area contributed by atoms with E-state index in [-0.39, 0.29) is 11.6 Å². The van der Waals surface area contributed by atoms with Crippen LogP contribution in [-0.2, 0) is 11.3 Å². The van der Waals surface area contributed by atoms with E-state index in [9.17, 15) is 9.59 Å². The molecule has 148 valence electrons. The maximum absolute atomic E-state index is 12.2. The zero-order valence-electron chi connectivity index (χ0n) is 16.0. The van der Waals surface area contributed by atoms with Crippen molar-refractivity contribution >= 4 is 23.4 Å². The van der Waals surface area contributed by atoms with Crippen molar-refractivity contribution in [3.05, 3.63) is 77.7 Å². The maximum atomic E-state index is 12.2. The molecule has 0 aliphatic heterocycles. The van der Waals surface area contributed by atoms with Crippen LogP contribution in [0.25, 0.3) is 0 Å². The Bertz CT molecular complexity index is 971. The number of amides is 1. The molecule has 1 aromatic heterocycles. The first-order valence-corrected chi connectivity index (χ1v) is 8.77. The van der Waals surface area contributed by atoms with Crippen LogP contribution in [0.3, 0.4) is 0 Å². The van der Waals surface area contributed by atoms with Gasteiger partial charge in [0.1, 0.15) is 17.3 Å². The molecule has 0 saturated heterocycles. The van der Waals surface area contributed by atoms with Gasteiger partial charge < -0.3 is 20.1 Å². The number of anilines is 2. The summed E-state index contributed by atoms with van der Waals surface area (Å²) >= 11 is 0. The first-order valence-electron chi connectivity index (χ1n) is 8.77. The minimum atomic E-state index is -0.402. The van der Waals surface area contributed by atoms with Crippen LogP contribution in [0.2, 0.25) is 0 Å². The molecule has 3 aromatic rings. The average molecular weight is 392 g/mol. The van der Waals surface area contributed by atoms with Gasteiger partial charge in [0.25, 0.3) is 5.91 Å². The standard InChI is InChI=1S/C21H20N4O4/c1-28-17-9-3-14(4-10-17)11-24-20(26)18-12-23-19(13-22-18)25-16-7-5-15(6-8-16)21(27)29-2/h3-10,12-13H,11H2,1-2H3,(H,23,25)(H,24,26). The second-order valence-corrected chi connectivity index (χ2v) is 6.01. The van der Waals surface area contributed by atoms with Gasteiger partial charge >= 0.3 is 5.97 Å². The van der Waals surface area contributed by atoms with E-state index in [1.807, 2.05) is 24.3 Å². The summed E-state index contributed by atoms with van der Waals surface area (Å²) in [5, 5.41) is 5.85. The number of nitrogens with zero attached hydrogens (tertiary/aromatic N) is 2. The summed E-state index contributed by atoms with van der Waals surface area (Å²) in [6, 6.07) is 14.2. The average Bonchev–Trinajstić information content (AvgIpc) is 2.78. The van der Waals surface area contributed by atoms with Crippen LogP contribution >= 0.6 is 0 Å². The summed E-state index contributed by atoms with van der Waals surface area (Å²) in [5.74, 6) is 0.514. The predicted octanol–water partition coefficient (Wildman–Crippen LogP) is 2.95. The number of ether oxygens (including phenoxy) is 2. The summed E-state index contributed by atoms with van der Waals surface area (Å²) in [5.41, 5.74) is 2.34. The predicted molar refractivity (Wildman–Crippen MR) is 107 cm³/mol. The van der Waals surface area contributed by atoms with E-state index in [1.54, 1.807) is 31.4 Å². The van der Waals surface area contributed by atoms with Crippen LogP contribution < -0.4 is 15.4 Å². The minimum absolute atomic E-state index is 0.213. The van der Waals surface area contributed by atoms with E-state index in [0.717, 1.165) is 17.0 Å². The highest BCUT2D eigenvalue weighted by molar-refractivity contribution is 5.92. The van der Waals surface area contributed by atoms with E-state index in [0.29, 0.717) is 17.9 Å². The van der Waals surface area contributed by atoms with Crippen molar-refractivity contribution in [2.45, 2.75) is 6.54 Å². The van der Waals surface area contributed by atoms with Gasteiger partial charge in [-0.25, -0.2) is 14.8 Å². The van der Waals surface area contributed by atoms with Crippen molar-refractivity contribution in [2.24, 2.45) is 0 Å². The number of nitrogens with one attached hydrogen (secondary N) is 2. The minimum Gasteiger partial charge on any atom is -0.497 e. The largest absolute Gasteiger partial charge is 0.497 e. The number of carbonyl (C=O) groups is 2. The first-order chi connectivity index (χ1) is 14.1. The van der Waals surface area contributed by atoms with Crippen LogP contribution in [-0.4, -0.2) is 36.1 Å². The van der Waals surface area contributed by atoms with Crippen LogP contribution in [0, 0.1) is 0 Å². The van der Waals surface area contributed by atoms with Crippen LogP contribution in [0.4, 0.5) is 11.5 Å². The van der Waals surface area contributed by atoms with E-state index < -0.39 is 5.97 Å². The lowest BCUT2D eigenvalue weighted by molar-refractivity contribution is 0.0600. The van der Waals surface area contributed by atoms with E-state index in [2.05, 4.69) is 25.3 Å². The highest BCUT2D eigenvalue weighted by Gasteiger charge is 2.09. The second kappa shape index (κ2) is 9.32.